The summed E-state index contributed by atoms with van der Waals surface area (Å²) in [6.45, 7) is 0. The quantitative estimate of drug-likeness (QED) is 0.582. The molecule has 1 aromatic heterocycles. The molecular formula is C13H12FN3O3S. The fraction of sp³-hybridized carbons (Fsp3) is 0.154. The minimum Gasteiger partial charge on any atom is -0.298 e. The van der Waals surface area contributed by atoms with Crippen LogP contribution in [0.3, 0.4) is 0 Å². The minimum absolute atomic E-state index is 0.103. The highest BCUT2D eigenvalue weighted by Gasteiger charge is 2.10. The molecule has 1 heterocycles. The molecule has 0 aliphatic heterocycles. The van der Waals surface area contributed by atoms with Gasteiger partial charge in [0, 0.05) is 17.4 Å². The van der Waals surface area contributed by atoms with Gasteiger partial charge in [0.1, 0.15) is 5.82 Å². The number of hydroxylamine groups is 1. The van der Waals surface area contributed by atoms with Gasteiger partial charge in [-0.25, -0.2) is 14.9 Å². The van der Waals surface area contributed by atoms with Gasteiger partial charge in [0.25, 0.3) is 5.91 Å². The number of carbonyl (C=O) groups is 2. The topological polar surface area (TPSA) is 91.3 Å². The molecular weight excluding hydrogens is 297 g/mol. The van der Waals surface area contributed by atoms with Crippen molar-refractivity contribution < 1.29 is 19.2 Å². The molecule has 0 radical (unpaired) electrons. The monoisotopic (exact) mass is 309 g/mol. The van der Waals surface area contributed by atoms with Gasteiger partial charge < -0.3 is 0 Å². The van der Waals surface area contributed by atoms with E-state index in [1.165, 1.54) is 41.1 Å². The minimum atomic E-state index is -0.500. The van der Waals surface area contributed by atoms with Crippen molar-refractivity contribution >= 4 is 28.3 Å². The Kier molecular flexibility index (Phi) is 4.96. The summed E-state index contributed by atoms with van der Waals surface area (Å²) in [5, 5.41) is 13.1. The number of rotatable bonds is 5. The van der Waals surface area contributed by atoms with Crippen molar-refractivity contribution in [3.05, 3.63) is 46.7 Å². The Labute approximate surface area is 123 Å². The molecule has 8 heteroatoms. The highest BCUT2D eigenvalue weighted by molar-refractivity contribution is 7.13. The summed E-state index contributed by atoms with van der Waals surface area (Å²) < 4.78 is 12.8. The second kappa shape index (κ2) is 6.91. The van der Waals surface area contributed by atoms with E-state index in [0.29, 0.717) is 22.8 Å². The number of carbonyl (C=O) groups excluding carboxylic acids is 2. The molecule has 3 N–H and O–H groups in total. The van der Waals surface area contributed by atoms with Gasteiger partial charge in [0.2, 0.25) is 5.91 Å². The Balaban J connectivity index is 1.94. The standard InChI is InChI=1S/C13H12FN3O3S/c14-9-3-1-8(2-4-9)12(19)16-13-15-10(7-21-13)5-6-11(18)17-20/h1-4,7,20H,5-6H2,(H,17,18)(H,15,16,19). The van der Waals surface area contributed by atoms with Crippen LogP contribution in [0.4, 0.5) is 9.52 Å². The SMILES string of the molecule is O=C(CCc1csc(NC(=O)c2ccc(F)cc2)n1)NO. The largest absolute Gasteiger partial charge is 0.298 e. The first kappa shape index (κ1) is 15.1. The van der Waals surface area contributed by atoms with Crippen LogP contribution in [0.1, 0.15) is 22.5 Å². The summed E-state index contributed by atoms with van der Waals surface area (Å²) in [5.41, 5.74) is 2.50. The van der Waals surface area contributed by atoms with E-state index < -0.39 is 11.7 Å². The molecule has 2 aromatic rings. The summed E-state index contributed by atoms with van der Waals surface area (Å²) >= 11 is 1.22. The first-order chi connectivity index (χ1) is 10.1. The van der Waals surface area contributed by atoms with E-state index in [-0.39, 0.29) is 12.3 Å². The number of aromatic nitrogens is 1. The Morgan fingerprint density at radius 3 is 2.67 bits per heavy atom. The average Bonchev–Trinajstić information content (AvgIpc) is 2.93. The third-order valence-electron chi connectivity index (χ3n) is 2.61. The number of nitrogens with zero attached hydrogens (tertiary/aromatic N) is 1. The number of aryl methyl sites for hydroxylation is 1. The lowest BCUT2D eigenvalue weighted by atomic mass is 10.2. The number of thiazole rings is 1. The molecule has 1 aromatic carbocycles. The maximum Gasteiger partial charge on any atom is 0.257 e. The Morgan fingerprint density at radius 2 is 2.00 bits per heavy atom. The average molecular weight is 309 g/mol. The maximum atomic E-state index is 12.8. The van der Waals surface area contributed by atoms with Gasteiger partial charge in [-0.2, -0.15) is 0 Å². The number of nitrogens with one attached hydrogen (secondary N) is 2. The van der Waals surface area contributed by atoms with E-state index in [9.17, 15) is 14.0 Å². The van der Waals surface area contributed by atoms with Crippen LogP contribution in [0, 0.1) is 5.82 Å². The maximum absolute atomic E-state index is 12.8. The lowest BCUT2D eigenvalue weighted by molar-refractivity contribution is -0.129. The number of benzene rings is 1. The lowest BCUT2D eigenvalue weighted by Gasteiger charge is -2.01. The first-order valence-corrected chi connectivity index (χ1v) is 6.90. The zero-order valence-electron chi connectivity index (χ0n) is 10.8. The zero-order chi connectivity index (χ0) is 15.2. The smallest absolute Gasteiger partial charge is 0.257 e. The molecule has 2 amide bonds. The second-order valence-electron chi connectivity index (χ2n) is 4.14. The van der Waals surface area contributed by atoms with Gasteiger partial charge in [-0.1, -0.05) is 0 Å². The van der Waals surface area contributed by atoms with Crippen LogP contribution in [0.25, 0.3) is 0 Å². The number of anilines is 1. The van der Waals surface area contributed by atoms with Crippen molar-refractivity contribution in [2.45, 2.75) is 12.8 Å². The molecule has 21 heavy (non-hydrogen) atoms. The van der Waals surface area contributed by atoms with Gasteiger partial charge in [-0.05, 0) is 30.7 Å². The predicted octanol–water partition coefficient (Wildman–Crippen LogP) is 1.97. The van der Waals surface area contributed by atoms with Crippen LogP contribution in [-0.4, -0.2) is 22.0 Å². The summed E-state index contributed by atoms with van der Waals surface area (Å²) in [5.74, 6) is -1.30. The highest BCUT2D eigenvalue weighted by atomic mass is 32.1. The molecule has 2 rings (SSSR count). The lowest BCUT2D eigenvalue weighted by Crippen LogP contribution is -2.18. The Morgan fingerprint density at radius 1 is 1.29 bits per heavy atom. The first-order valence-electron chi connectivity index (χ1n) is 6.03. The normalized spacial score (nSPS) is 10.2. The number of halogens is 1. The van der Waals surface area contributed by atoms with Crippen LogP contribution in [0.15, 0.2) is 29.6 Å². The molecule has 0 unspecified atom stereocenters. The molecule has 0 aliphatic rings. The van der Waals surface area contributed by atoms with Crippen molar-refractivity contribution in [3.63, 3.8) is 0 Å². The third kappa shape index (κ3) is 4.33. The summed E-state index contributed by atoms with van der Waals surface area (Å²) in [4.78, 5) is 26.9. The summed E-state index contributed by atoms with van der Waals surface area (Å²) in [7, 11) is 0. The molecule has 0 spiro atoms. The van der Waals surface area contributed by atoms with Crippen molar-refractivity contribution in [2.75, 3.05) is 5.32 Å². The molecule has 0 atom stereocenters. The second-order valence-corrected chi connectivity index (χ2v) is 5.00. The Bertz CT molecular complexity index is 642. The van der Waals surface area contributed by atoms with Crippen LogP contribution in [0.5, 0.6) is 0 Å². The number of amides is 2. The van der Waals surface area contributed by atoms with E-state index in [1.54, 1.807) is 5.38 Å². The van der Waals surface area contributed by atoms with Crippen molar-refractivity contribution in [3.8, 4) is 0 Å². The van der Waals surface area contributed by atoms with Crippen LogP contribution in [-0.2, 0) is 11.2 Å². The molecule has 0 saturated heterocycles. The van der Waals surface area contributed by atoms with Gasteiger partial charge in [-0.3, -0.25) is 20.1 Å². The van der Waals surface area contributed by atoms with Gasteiger partial charge in [0.15, 0.2) is 5.13 Å². The van der Waals surface area contributed by atoms with Gasteiger partial charge in [0.05, 0.1) is 5.69 Å². The van der Waals surface area contributed by atoms with Crippen LogP contribution in [0.2, 0.25) is 0 Å². The van der Waals surface area contributed by atoms with E-state index in [0.717, 1.165) is 0 Å². The number of hydrogen-bond donors (Lipinski definition) is 3. The Hall–Kier alpha value is -2.32. The van der Waals surface area contributed by atoms with Gasteiger partial charge in [-0.15, -0.1) is 11.3 Å². The van der Waals surface area contributed by atoms with E-state index in [4.69, 9.17) is 5.21 Å². The predicted molar refractivity (Wildman–Crippen MR) is 74.7 cm³/mol. The van der Waals surface area contributed by atoms with Gasteiger partial charge >= 0.3 is 0 Å². The molecule has 0 saturated carbocycles. The summed E-state index contributed by atoms with van der Waals surface area (Å²) in [6, 6.07) is 5.17. The van der Waals surface area contributed by atoms with E-state index in [1.807, 2.05) is 0 Å². The fourth-order valence-corrected chi connectivity index (χ4v) is 2.29. The zero-order valence-corrected chi connectivity index (χ0v) is 11.6. The van der Waals surface area contributed by atoms with Crippen LogP contribution < -0.4 is 10.8 Å². The van der Waals surface area contributed by atoms with E-state index >= 15 is 0 Å². The molecule has 6 nitrogen and oxygen atoms in total. The molecule has 0 bridgehead atoms. The fourth-order valence-electron chi connectivity index (χ4n) is 1.55. The molecule has 110 valence electrons. The molecule has 0 fully saturated rings. The van der Waals surface area contributed by atoms with Crippen LogP contribution >= 0.6 is 11.3 Å². The highest BCUT2D eigenvalue weighted by Crippen LogP contribution is 2.17. The third-order valence-corrected chi connectivity index (χ3v) is 3.42. The van der Waals surface area contributed by atoms with Crippen molar-refractivity contribution in [2.24, 2.45) is 0 Å². The van der Waals surface area contributed by atoms with Crippen molar-refractivity contribution in [1.29, 1.82) is 0 Å². The summed E-state index contributed by atoms with van der Waals surface area (Å²) in [6.07, 6.45) is 0.459. The number of hydrogen-bond acceptors (Lipinski definition) is 5. The molecule has 0 aliphatic carbocycles. The van der Waals surface area contributed by atoms with E-state index in [2.05, 4.69) is 10.3 Å². The van der Waals surface area contributed by atoms with Crippen molar-refractivity contribution in [1.82, 2.24) is 10.5 Å².